The number of phenols is 1. The van der Waals surface area contributed by atoms with E-state index in [1.807, 2.05) is 19.1 Å². The van der Waals surface area contributed by atoms with Gasteiger partial charge in [-0.25, -0.2) is 0 Å². The second-order valence-electron chi connectivity index (χ2n) is 8.84. The Balaban J connectivity index is 2.01. The fourth-order valence-corrected chi connectivity index (χ4v) is 3.78. The molecular formula is C27H35NO2. The fourth-order valence-electron chi connectivity index (χ4n) is 3.78. The van der Waals surface area contributed by atoms with Crippen molar-refractivity contribution in [3.63, 3.8) is 0 Å². The maximum atomic E-state index is 12.4. The minimum atomic E-state index is -0.106. The van der Waals surface area contributed by atoms with Crippen LogP contribution in [0.2, 0.25) is 0 Å². The monoisotopic (exact) mass is 405 g/mol. The maximum Gasteiger partial charge on any atom is 0.250 e. The van der Waals surface area contributed by atoms with Crippen LogP contribution in [0.3, 0.4) is 0 Å². The van der Waals surface area contributed by atoms with Gasteiger partial charge in [0.1, 0.15) is 5.75 Å². The van der Waals surface area contributed by atoms with Crippen LogP contribution >= 0.6 is 0 Å². The van der Waals surface area contributed by atoms with Gasteiger partial charge in [0.05, 0.1) is 0 Å². The maximum absolute atomic E-state index is 12.4. The minimum Gasteiger partial charge on any atom is -0.508 e. The molecule has 0 atom stereocenters. The van der Waals surface area contributed by atoms with Crippen LogP contribution in [0.4, 0.5) is 5.69 Å². The van der Waals surface area contributed by atoms with Crippen LogP contribution in [0.1, 0.15) is 53.9 Å². The third-order valence-electron chi connectivity index (χ3n) is 5.69. The molecule has 3 heteroatoms. The number of carbonyl (C=O) groups is 1. The van der Waals surface area contributed by atoms with E-state index in [1.165, 1.54) is 36.0 Å². The number of aromatic hydroxyl groups is 1. The van der Waals surface area contributed by atoms with E-state index < -0.39 is 0 Å². The number of hydrogen-bond donors (Lipinski definition) is 1. The van der Waals surface area contributed by atoms with Crippen LogP contribution in [0.15, 0.2) is 83.0 Å². The van der Waals surface area contributed by atoms with Gasteiger partial charge in [0, 0.05) is 18.8 Å². The van der Waals surface area contributed by atoms with Crippen LogP contribution in [0, 0.1) is 5.41 Å². The van der Waals surface area contributed by atoms with Gasteiger partial charge in [-0.1, -0.05) is 55.4 Å². The summed E-state index contributed by atoms with van der Waals surface area (Å²) in [5, 5.41) is 9.38. The first-order valence-electron chi connectivity index (χ1n) is 10.6. The molecule has 2 rings (SSSR count). The van der Waals surface area contributed by atoms with Crippen molar-refractivity contribution in [2.75, 3.05) is 11.9 Å². The molecule has 3 nitrogen and oxygen atoms in total. The molecule has 1 amide bonds. The van der Waals surface area contributed by atoms with E-state index in [0.717, 1.165) is 11.3 Å². The number of hydrogen-bond acceptors (Lipinski definition) is 2. The first kappa shape index (κ1) is 23.5. The molecule has 0 fully saturated rings. The lowest BCUT2D eigenvalue weighted by Crippen LogP contribution is -2.24. The van der Waals surface area contributed by atoms with Crippen molar-refractivity contribution in [3.8, 4) is 5.75 Å². The van der Waals surface area contributed by atoms with E-state index in [1.54, 1.807) is 42.3 Å². The molecule has 0 bridgehead atoms. The predicted octanol–water partition coefficient (Wildman–Crippen LogP) is 6.89. The third-order valence-corrected chi connectivity index (χ3v) is 5.69. The lowest BCUT2D eigenvalue weighted by molar-refractivity contribution is -0.113. The van der Waals surface area contributed by atoms with E-state index in [-0.39, 0.29) is 17.1 Å². The molecule has 1 N–H and O–H groups in total. The van der Waals surface area contributed by atoms with Gasteiger partial charge in [0.2, 0.25) is 0 Å². The Labute approximate surface area is 181 Å². The van der Waals surface area contributed by atoms with E-state index >= 15 is 0 Å². The molecule has 0 saturated carbocycles. The highest BCUT2D eigenvalue weighted by Gasteiger charge is 2.26. The Morgan fingerprint density at radius 2 is 1.77 bits per heavy atom. The van der Waals surface area contributed by atoms with Crippen LogP contribution in [-0.4, -0.2) is 18.1 Å². The molecule has 0 radical (unpaired) electrons. The zero-order valence-electron chi connectivity index (χ0n) is 19.2. The standard InChI is InChI=1S/C27H35NO2/c1-20(12-17-25-22(3)11-8-18-27(25,4)5)9-7-10-21(2)19-26(30)28(6)23-13-15-24(29)16-14-23/h7,9-10,12-17,19,29H,8,11,18H2,1-6H3. The number of allylic oxidation sites excluding steroid dienone is 9. The number of anilines is 1. The Bertz CT molecular complexity index is 909. The van der Waals surface area contributed by atoms with Crippen molar-refractivity contribution >= 4 is 11.6 Å². The number of carbonyl (C=O) groups excluding carboxylic acids is 1. The second-order valence-corrected chi connectivity index (χ2v) is 8.84. The van der Waals surface area contributed by atoms with E-state index in [0.29, 0.717) is 0 Å². The molecule has 0 aliphatic heterocycles. The fraction of sp³-hybridized carbons (Fsp3) is 0.370. The molecule has 1 aliphatic rings. The van der Waals surface area contributed by atoms with Gasteiger partial charge in [-0.2, -0.15) is 0 Å². The van der Waals surface area contributed by atoms with Gasteiger partial charge in [0.25, 0.3) is 5.91 Å². The Morgan fingerprint density at radius 1 is 1.10 bits per heavy atom. The highest BCUT2D eigenvalue weighted by molar-refractivity contribution is 6.01. The summed E-state index contributed by atoms with van der Waals surface area (Å²) in [5.74, 6) is 0.0781. The lowest BCUT2D eigenvalue weighted by atomic mass is 9.72. The summed E-state index contributed by atoms with van der Waals surface area (Å²) in [7, 11) is 1.72. The SMILES string of the molecule is CC(C=CC1=C(C)CCCC1(C)C)=CC=CC(C)=CC(=O)N(C)c1ccc(O)cc1. The lowest BCUT2D eigenvalue weighted by Gasteiger charge is -2.32. The molecule has 1 aromatic carbocycles. The molecule has 0 spiro atoms. The first-order chi connectivity index (χ1) is 14.1. The number of nitrogens with zero attached hydrogens (tertiary/aromatic N) is 1. The smallest absolute Gasteiger partial charge is 0.250 e. The topological polar surface area (TPSA) is 40.5 Å². The molecular weight excluding hydrogens is 370 g/mol. The number of likely N-dealkylation sites (N-methyl/N-ethyl adjacent to an activating group) is 1. The van der Waals surface area contributed by atoms with Gasteiger partial charge in [0.15, 0.2) is 0 Å². The van der Waals surface area contributed by atoms with Crippen LogP contribution in [0.25, 0.3) is 0 Å². The van der Waals surface area contributed by atoms with Crippen molar-refractivity contribution in [1.29, 1.82) is 0 Å². The highest BCUT2D eigenvalue weighted by Crippen LogP contribution is 2.40. The second kappa shape index (κ2) is 10.3. The molecule has 0 heterocycles. The summed E-state index contributed by atoms with van der Waals surface area (Å²) >= 11 is 0. The molecule has 1 aliphatic carbocycles. The summed E-state index contributed by atoms with van der Waals surface area (Å²) in [6.45, 7) is 10.9. The molecule has 1 aromatic rings. The normalized spacial score (nSPS) is 17.8. The quantitative estimate of drug-likeness (QED) is 0.414. The number of phenolic OH excluding ortho intramolecular Hbond substituents is 1. The van der Waals surface area contributed by atoms with Gasteiger partial charge in [-0.3, -0.25) is 4.79 Å². The zero-order valence-corrected chi connectivity index (χ0v) is 19.2. The molecule has 160 valence electrons. The third kappa shape index (κ3) is 6.62. The van der Waals surface area contributed by atoms with Crippen molar-refractivity contribution in [2.24, 2.45) is 5.41 Å². The van der Waals surface area contributed by atoms with Gasteiger partial charge in [-0.15, -0.1) is 0 Å². The largest absolute Gasteiger partial charge is 0.508 e. The molecule has 0 aromatic heterocycles. The van der Waals surface area contributed by atoms with Gasteiger partial charge < -0.3 is 10.0 Å². The van der Waals surface area contributed by atoms with Gasteiger partial charge >= 0.3 is 0 Å². The molecule has 30 heavy (non-hydrogen) atoms. The molecule has 0 unspecified atom stereocenters. The first-order valence-corrected chi connectivity index (χ1v) is 10.6. The summed E-state index contributed by atoms with van der Waals surface area (Å²) in [6, 6.07) is 6.58. The summed E-state index contributed by atoms with van der Waals surface area (Å²) in [4.78, 5) is 14.0. The summed E-state index contributed by atoms with van der Waals surface area (Å²) in [6.07, 6.45) is 15.8. The zero-order chi connectivity index (χ0) is 22.3. The molecule has 0 saturated heterocycles. The number of benzene rings is 1. The minimum absolute atomic E-state index is 0.106. The number of rotatable bonds is 6. The average Bonchev–Trinajstić information content (AvgIpc) is 2.67. The predicted molar refractivity (Wildman–Crippen MR) is 128 cm³/mol. The van der Waals surface area contributed by atoms with Crippen molar-refractivity contribution < 1.29 is 9.90 Å². The Hall–Kier alpha value is -2.81. The summed E-state index contributed by atoms with van der Waals surface area (Å²) in [5.41, 5.74) is 6.00. The highest BCUT2D eigenvalue weighted by atomic mass is 16.3. The van der Waals surface area contributed by atoms with E-state index in [2.05, 4.69) is 45.9 Å². The average molecular weight is 406 g/mol. The van der Waals surface area contributed by atoms with Gasteiger partial charge in [-0.05, 0) is 80.9 Å². The van der Waals surface area contributed by atoms with Crippen LogP contribution in [0.5, 0.6) is 5.75 Å². The Morgan fingerprint density at radius 3 is 2.40 bits per heavy atom. The Kier molecular flexibility index (Phi) is 8.05. The van der Waals surface area contributed by atoms with E-state index in [4.69, 9.17) is 0 Å². The number of amides is 1. The van der Waals surface area contributed by atoms with Crippen molar-refractivity contribution in [3.05, 3.63) is 83.0 Å². The van der Waals surface area contributed by atoms with Crippen LogP contribution < -0.4 is 4.90 Å². The summed E-state index contributed by atoms with van der Waals surface area (Å²) < 4.78 is 0. The van der Waals surface area contributed by atoms with Crippen molar-refractivity contribution in [2.45, 2.75) is 53.9 Å². The van der Waals surface area contributed by atoms with E-state index in [9.17, 15) is 9.90 Å². The van der Waals surface area contributed by atoms with Crippen molar-refractivity contribution in [1.82, 2.24) is 0 Å². The van der Waals surface area contributed by atoms with Crippen LogP contribution in [-0.2, 0) is 4.79 Å².